The molecule has 0 bridgehead atoms. The van der Waals surface area contributed by atoms with Crippen molar-refractivity contribution in [3.8, 4) is 11.5 Å². The van der Waals surface area contributed by atoms with E-state index < -0.39 is 4.92 Å². The van der Waals surface area contributed by atoms with Crippen LogP contribution < -0.4 is 4.74 Å². The topological polar surface area (TPSA) is 71.4 Å². The van der Waals surface area contributed by atoms with Crippen LogP contribution in [-0.4, -0.2) is 21.4 Å². The van der Waals surface area contributed by atoms with Gasteiger partial charge in [0.05, 0.1) is 13.9 Å². The Morgan fingerprint density at radius 1 is 1.03 bits per heavy atom. The number of nitro benzene ring substituents is 1. The van der Waals surface area contributed by atoms with Crippen molar-refractivity contribution >= 4 is 48.5 Å². The van der Waals surface area contributed by atoms with Gasteiger partial charge in [-0.1, -0.05) is 37.3 Å². The van der Waals surface area contributed by atoms with Gasteiger partial charge in [0.15, 0.2) is 5.75 Å². The number of rotatable bonds is 8. The van der Waals surface area contributed by atoms with Crippen LogP contribution in [0.2, 0.25) is 0 Å². The molecule has 0 saturated heterocycles. The molecule has 164 valence electrons. The van der Waals surface area contributed by atoms with Gasteiger partial charge in [0.2, 0.25) is 0 Å². The van der Waals surface area contributed by atoms with Crippen LogP contribution in [0.3, 0.4) is 0 Å². The van der Waals surface area contributed by atoms with Gasteiger partial charge in [-0.25, -0.2) is 0 Å². The Bertz CT molecular complexity index is 1240. The van der Waals surface area contributed by atoms with Crippen LogP contribution in [-0.2, 0) is 13.1 Å². The summed E-state index contributed by atoms with van der Waals surface area (Å²) in [5, 5.41) is 12.2. The lowest BCUT2D eigenvalue weighted by Gasteiger charge is -2.20. The Hall–Kier alpha value is -2.68. The maximum absolute atomic E-state index is 11.1. The number of benzene rings is 3. The van der Waals surface area contributed by atoms with Crippen LogP contribution >= 0.6 is 31.9 Å². The zero-order chi connectivity index (χ0) is 22.7. The minimum absolute atomic E-state index is 0.0162. The normalized spacial score (nSPS) is 11.2. The van der Waals surface area contributed by atoms with Crippen molar-refractivity contribution in [2.24, 2.45) is 0 Å². The van der Waals surface area contributed by atoms with Crippen molar-refractivity contribution in [2.75, 3.05) is 6.54 Å². The summed E-state index contributed by atoms with van der Waals surface area (Å²) in [7, 11) is 0. The molecule has 0 fully saturated rings. The van der Waals surface area contributed by atoms with Crippen LogP contribution in [0.15, 0.2) is 75.8 Å². The molecule has 0 unspecified atom stereocenters. The summed E-state index contributed by atoms with van der Waals surface area (Å²) in [5.74, 6) is 1.14. The second-order valence-corrected chi connectivity index (χ2v) is 9.12. The summed E-state index contributed by atoms with van der Waals surface area (Å²) in [5.41, 5.74) is 3.48. The van der Waals surface area contributed by atoms with Crippen molar-refractivity contribution in [3.05, 3.63) is 97.0 Å². The van der Waals surface area contributed by atoms with E-state index in [-0.39, 0.29) is 5.69 Å². The molecule has 1 aromatic heterocycles. The number of nitro groups is 1. The first-order valence-corrected chi connectivity index (χ1v) is 11.7. The second kappa shape index (κ2) is 9.85. The van der Waals surface area contributed by atoms with E-state index in [9.17, 15) is 10.1 Å². The Morgan fingerprint density at radius 2 is 1.75 bits per heavy atom. The van der Waals surface area contributed by atoms with Crippen LogP contribution in [0.1, 0.15) is 18.1 Å². The van der Waals surface area contributed by atoms with Crippen molar-refractivity contribution in [1.29, 1.82) is 0 Å². The predicted molar refractivity (Wildman–Crippen MR) is 133 cm³/mol. The summed E-state index contributed by atoms with van der Waals surface area (Å²) in [6.07, 6.45) is 2.04. The number of halogens is 2. The van der Waals surface area contributed by atoms with E-state index in [0.717, 1.165) is 30.5 Å². The largest absolute Gasteiger partial charge is 0.455 e. The molecular weight excluding hydrogens is 538 g/mol. The molecular formula is C24H21Br2N3O3. The molecule has 1 N–H and O–H groups in total. The molecule has 4 aromatic rings. The van der Waals surface area contributed by atoms with E-state index >= 15 is 0 Å². The summed E-state index contributed by atoms with van der Waals surface area (Å²) in [6, 6.07) is 19.2. The maximum Gasteiger partial charge on any atom is 0.271 e. The number of non-ortho nitro benzene ring substituents is 1. The first-order valence-electron chi connectivity index (χ1n) is 10.1. The Kier molecular flexibility index (Phi) is 6.93. The van der Waals surface area contributed by atoms with Crippen LogP contribution in [0.25, 0.3) is 10.9 Å². The van der Waals surface area contributed by atoms with Crippen molar-refractivity contribution in [2.45, 2.75) is 20.0 Å². The fraction of sp³-hybridized carbons (Fsp3) is 0.167. The molecule has 0 saturated carbocycles. The summed E-state index contributed by atoms with van der Waals surface area (Å²) in [6.45, 7) is 4.78. The molecule has 0 aliphatic rings. The van der Waals surface area contributed by atoms with Gasteiger partial charge in [0, 0.05) is 42.3 Å². The van der Waals surface area contributed by atoms with Gasteiger partial charge < -0.3 is 9.72 Å². The van der Waals surface area contributed by atoms with E-state index in [1.807, 2.05) is 30.5 Å². The maximum atomic E-state index is 11.1. The van der Waals surface area contributed by atoms with Gasteiger partial charge in [-0.15, -0.1) is 0 Å². The van der Waals surface area contributed by atoms with Crippen LogP contribution in [0.5, 0.6) is 11.5 Å². The van der Waals surface area contributed by atoms with Crippen LogP contribution in [0.4, 0.5) is 5.69 Å². The smallest absolute Gasteiger partial charge is 0.271 e. The van der Waals surface area contributed by atoms with E-state index in [1.165, 1.54) is 23.3 Å². The molecule has 0 atom stereocenters. The summed E-state index contributed by atoms with van der Waals surface area (Å²) in [4.78, 5) is 16.4. The van der Waals surface area contributed by atoms with Crippen molar-refractivity contribution in [1.82, 2.24) is 9.88 Å². The van der Waals surface area contributed by atoms with Gasteiger partial charge in [-0.3, -0.25) is 15.0 Å². The van der Waals surface area contributed by atoms with Gasteiger partial charge in [0.25, 0.3) is 5.69 Å². The Morgan fingerprint density at radius 3 is 2.41 bits per heavy atom. The number of nitrogens with one attached hydrogen (secondary N) is 1. The lowest BCUT2D eigenvalue weighted by atomic mass is 10.1. The second-order valence-electron chi connectivity index (χ2n) is 7.41. The highest BCUT2D eigenvalue weighted by Gasteiger charge is 2.17. The van der Waals surface area contributed by atoms with Gasteiger partial charge >= 0.3 is 0 Å². The van der Waals surface area contributed by atoms with Gasteiger partial charge in [-0.05, 0) is 67.7 Å². The summed E-state index contributed by atoms with van der Waals surface area (Å²) >= 11 is 6.76. The Labute approximate surface area is 202 Å². The number of hydrogen-bond acceptors (Lipinski definition) is 4. The monoisotopic (exact) mass is 557 g/mol. The third-order valence-corrected chi connectivity index (χ3v) is 6.42. The number of nitrogens with zero attached hydrogens (tertiary/aromatic N) is 2. The zero-order valence-electron chi connectivity index (χ0n) is 17.3. The van der Waals surface area contributed by atoms with Gasteiger partial charge in [-0.2, -0.15) is 0 Å². The zero-order valence-corrected chi connectivity index (χ0v) is 20.5. The number of aromatic nitrogens is 1. The predicted octanol–water partition coefficient (Wildman–Crippen LogP) is 7.42. The minimum atomic E-state index is -0.438. The summed E-state index contributed by atoms with van der Waals surface area (Å²) < 4.78 is 7.11. The Balaban J connectivity index is 1.58. The molecule has 6 nitrogen and oxygen atoms in total. The van der Waals surface area contributed by atoms with Crippen LogP contribution in [0, 0.1) is 10.1 Å². The number of aromatic amines is 1. The molecule has 0 spiro atoms. The molecule has 8 heteroatoms. The van der Waals surface area contributed by atoms with Crippen molar-refractivity contribution < 1.29 is 9.66 Å². The lowest BCUT2D eigenvalue weighted by molar-refractivity contribution is -0.385. The highest BCUT2D eigenvalue weighted by Crippen LogP contribution is 2.40. The highest BCUT2D eigenvalue weighted by atomic mass is 79.9. The molecule has 0 radical (unpaired) electrons. The average Bonchev–Trinajstić information content (AvgIpc) is 3.18. The fourth-order valence-electron chi connectivity index (χ4n) is 3.58. The first kappa shape index (κ1) is 22.5. The van der Waals surface area contributed by atoms with E-state index in [2.05, 4.69) is 72.9 Å². The van der Waals surface area contributed by atoms with Gasteiger partial charge in [0.1, 0.15) is 5.75 Å². The molecule has 32 heavy (non-hydrogen) atoms. The molecule has 0 amide bonds. The number of H-pyrrole nitrogens is 1. The lowest BCUT2D eigenvalue weighted by Crippen LogP contribution is -2.22. The number of hydrogen-bond donors (Lipinski definition) is 1. The third kappa shape index (κ3) is 5.03. The molecule has 1 heterocycles. The highest BCUT2D eigenvalue weighted by molar-refractivity contribution is 9.11. The molecule has 3 aromatic carbocycles. The SMILES string of the molecule is CCN(Cc1ccccc1)Cc1c[nH]c2ccc(Oc3c(Br)cc([N+](=O)[O-])cc3Br)cc12. The molecule has 4 rings (SSSR count). The number of fused-ring (bicyclic) bond motifs is 1. The molecule has 0 aliphatic carbocycles. The standard InChI is InChI=1S/C24H21Br2N3O3/c1-2-28(14-16-6-4-3-5-7-16)15-17-13-27-23-9-8-19(12-20(17)23)32-24-21(25)10-18(29(30)31)11-22(24)26/h3-13,27H,2,14-15H2,1H3. The minimum Gasteiger partial charge on any atom is -0.455 e. The van der Waals surface area contributed by atoms with E-state index in [4.69, 9.17) is 4.74 Å². The average molecular weight is 559 g/mol. The molecule has 0 aliphatic heterocycles. The fourth-order valence-corrected chi connectivity index (χ4v) is 4.91. The van der Waals surface area contributed by atoms with Crippen molar-refractivity contribution in [3.63, 3.8) is 0 Å². The van der Waals surface area contributed by atoms with E-state index in [1.54, 1.807) is 0 Å². The first-order chi connectivity index (χ1) is 15.4. The third-order valence-electron chi connectivity index (χ3n) is 5.24. The number of ether oxygens (including phenoxy) is 1. The quantitative estimate of drug-likeness (QED) is 0.180. The van der Waals surface area contributed by atoms with E-state index in [0.29, 0.717) is 20.4 Å².